The van der Waals surface area contributed by atoms with Crippen LogP contribution in [0.3, 0.4) is 0 Å². The minimum atomic E-state index is -0.513. The van der Waals surface area contributed by atoms with Gasteiger partial charge in [-0.1, -0.05) is 32.0 Å². The van der Waals surface area contributed by atoms with E-state index in [4.69, 9.17) is 9.47 Å². The molecule has 0 radical (unpaired) electrons. The summed E-state index contributed by atoms with van der Waals surface area (Å²) in [5.74, 6) is -0.495. The Balaban J connectivity index is 1.86. The minimum Gasteiger partial charge on any atom is -0.454 e. The van der Waals surface area contributed by atoms with E-state index < -0.39 is 12.1 Å². The first-order valence-electron chi connectivity index (χ1n) is 7.25. The quantitative estimate of drug-likeness (QED) is 0.846. The van der Waals surface area contributed by atoms with E-state index in [9.17, 15) is 9.59 Å². The number of rotatable bonds is 5. The zero-order chi connectivity index (χ0) is 15.2. The highest BCUT2D eigenvalue weighted by Gasteiger charge is 2.25. The normalized spacial score (nSPS) is 17.8. The first kappa shape index (κ1) is 15.5. The van der Waals surface area contributed by atoms with Crippen molar-refractivity contribution < 1.29 is 19.1 Å². The van der Waals surface area contributed by atoms with Crippen LogP contribution in [0.1, 0.15) is 38.2 Å². The summed E-state index contributed by atoms with van der Waals surface area (Å²) < 4.78 is 10.2. The molecule has 0 aromatic heterocycles. The molecule has 5 nitrogen and oxygen atoms in total. The predicted octanol–water partition coefficient (Wildman–Crippen LogP) is 2.47. The summed E-state index contributed by atoms with van der Waals surface area (Å²) in [5.41, 5.74) is 1.81. The molecule has 0 saturated carbocycles. The summed E-state index contributed by atoms with van der Waals surface area (Å²) in [6.45, 7) is 4.41. The zero-order valence-electron chi connectivity index (χ0n) is 12.4. The lowest BCUT2D eigenvalue weighted by Gasteiger charge is -2.14. The van der Waals surface area contributed by atoms with Gasteiger partial charge in [0, 0.05) is 12.3 Å². The van der Waals surface area contributed by atoms with Gasteiger partial charge in [-0.2, -0.15) is 0 Å². The van der Waals surface area contributed by atoms with Crippen molar-refractivity contribution in [3.63, 3.8) is 0 Å². The molecule has 21 heavy (non-hydrogen) atoms. The van der Waals surface area contributed by atoms with E-state index >= 15 is 0 Å². The second-order valence-corrected chi connectivity index (χ2v) is 5.40. The topological polar surface area (TPSA) is 64.6 Å². The molecule has 2 rings (SSSR count). The van der Waals surface area contributed by atoms with Crippen molar-refractivity contribution in [2.45, 2.75) is 38.7 Å². The SMILES string of the molecule is CC(C)c1ccccc1NC(=O)COC(=O)[C@H]1CCCO1. The van der Waals surface area contributed by atoms with Gasteiger partial charge in [0.1, 0.15) is 0 Å². The van der Waals surface area contributed by atoms with Gasteiger partial charge in [0.05, 0.1) is 0 Å². The third-order valence-corrected chi connectivity index (χ3v) is 3.39. The molecule has 0 unspecified atom stereocenters. The number of nitrogens with one attached hydrogen (secondary N) is 1. The summed E-state index contributed by atoms with van der Waals surface area (Å²) in [6, 6.07) is 7.61. The monoisotopic (exact) mass is 291 g/mol. The van der Waals surface area contributed by atoms with Gasteiger partial charge in [0.2, 0.25) is 0 Å². The summed E-state index contributed by atoms with van der Waals surface area (Å²) in [6.07, 6.45) is 1.01. The number of benzene rings is 1. The molecule has 114 valence electrons. The zero-order valence-corrected chi connectivity index (χ0v) is 12.4. The Kier molecular flexibility index (Phi) is 5.33. The molecule has 1 aromatic rings. The number of ether oxygens (including phenoxy) is 2. The number of amides is 1. The van der Waals surface area contributed by atoms with Gasteiger partial charge in [-0.15, -0.1) is 0 Å². The van der Waals surface area contributed by atoms with E-state index in [1.165, 1.54) is 0 Å². The van der Waals surface area contributed by atoms with Crippen LogP contribution in [0.25, 0.3) is 0 Å². The second-order valence-electron chi connectivity index (χ2n) is 5.40. The van der Waals surface area contributed by atoms with Crippen molar-refractivity contribution in [2.24, 2.45) is 0 Å². The Morgan fingerprint density at radius 3 is 2.81 bits per heavy atom. The van der Waals surface area contributed by atoms with Crippen LogP contribution in [0.15, 0.2) is 24.3 Å². The molecule has 0 spiro atoms. The van der Waals surface area contributed by atoms with Crippen LogP contribution in [-0.4, -0.2) is 31.2 Å². The number of anilines is 1. The third-order valence-electron chi connectivity index (χ3n) is 3.39. The average Bonchev–Trinajstić information content (AvgIpc) is 2.99. The Hall–Kier alpha value is -1.88. The molecule has 1 N–H and O–H groups in total. The van der Waals surface area contributed by atoms with E-state index in [0.29, 0.717) is 18.9 Å². The molecule has 1 aliphatic heterocycles. The Morgan fingerprint density at radius 1 is 1.38 bits per heavy atom. The van der Waals surface area contributed by atoms with Gasteiger partial charge < -0.3 is 14.8 Å². The van der Waals surface area contributed by atoms with Crippen LogP contribution in [0.5, 0.6) is 0 Å². The molecule has 1 saturated heterocycles. The average molecular weight is 291 g/mol. The van der Waals surface area contributed by atoms with Crippen molar-refractivity contribution in [1.29, 1.82) is 0 Å². The maximum atomic E-state index is 11.9. The van der Waals surface area contributed by atoms with Crippen molar-refractivity contribution in [3.05, 3.63) is 29.8 Å². The summed E-state index contributed by atoms with van der Waals surface area (Å²) in [4.78, 5) is 23.5. The van der Waals surface area contributed by atoms with Crippen molar-refractivity contribution in [1.82, 2.24) is 0 Å². The van der Waals surface area contributed by atoms with Crippen molar-refractivity contribution in [2.75, 3.05) is 18.5 Å². The molecular formula is C16H21NO4. The molecule has 0 bridgehead atoms. The van der Waals surface area contributed by atoms with Crippen LogP contribution < -0.4 is 5.32 Å². The van der Waals surface area contributed by atoms with E-state index in [1.807, 2.05) is 24.3 Å². The first-order chi connectivity index (χ1) is 10.1. The molecule has 1 fully saturated rings. The molecule has 5 heteroatoms. The van der Waals surface area contributed by atoms with E-state index in [-0.39, 0.29) is 12.5 Å². The largest absolute Gasteiger partial charge is 0.454 e. The Morgan fingerprint density at radius 2 is 2.14 bits per heavy atom. The van der Waals surface area contributed by atoms with Gasteiger partial charge in [-0.05, 0) is 30.4 Å². The molecule has 0 aliphatic carbocycles. The highest BCUT2D eigenvalue weighted by molar-refractivity contribution is 5.93. The fourth-order valence-electron chi connectivity index (χ4n) is 2.29. The van der Waals surface area contributed by atoms with E-state index in [0.717, 1.165) is 17.7 Å². The molecule has 1 atom stereocenters. The lowest BCUT2D eigenvalue weighted by molar-refractivity contribution is -0.156. The van der Waals surface area contributed by atoms with E-state index in [1.54, 1.807) is 0 Å². The predicted molar refractivity (Wildman–Crippen MR) is 79.1 cm³/mol. The standard InChI is InChI=1S/C16H21NO4/c1-11(2)12-6-3-4-7-13(12)17-15(18)10-21-16(19)14-8-5-9-20-14/h3-4,6-7,11,14H,5,8-10H2,1-2H3,(H,17,18)/t14-/m1/s1. The van der Waals surface area contributed by atoms with Crippen LogP contribution in [-0.2, 0) is 19.1 Å². The van der Waals surface area contributed by atoms with Crippen LogP contribution in [0, 0.1) is 0 Å². The number of carbonyl (C=O) groups excluding carboxylic acids is 2. The van der Waals surface area contributed by atoms with Crippen LogP contribution in [0.4, 0.5) is 5.69 Å². The fraction of sp³-hybridized carbons (Fsp3) is 0.500. The molecular weight excluding hydrogens is 270 g/mol. The van der Waals surface area contributed by atoms with Crippen LogP contribution in [0.2, 0.25) is 0 Å². The van der Waals surface area contributed by atoms with Gasteiger partial charge in [0.25, 0.3) is 5.91 Å². The number of para-hydroxylation sites is 1. The lowest BCUT2D eigenvalue weighted by Crippen LogP contribution is -2.27. The number of esters is 1. The van der Waals surface area contributed by atoms with Gasteiger partial charge in [0.15, 0.2) is 12.7 Å². The maximum absolute atomic E-state index is 11.9. The Bertz CT molecular complexity index is 507. The summed E-state index contributed by atoms with van der Waals surface area (Å²) in [5, 5.41) is 2.78. The van der Waals surface area contributed by atoms with E-state index in [2.05, 4.69) is 19.2 Å². The van der Waals surface area contributed by atoms with Crippen molar-refractivity contribution in [3.8, 4) is 0 Å². The van der Waals surface area contributed by atoms with Gasteiger partial charge in [-0.3, -0.25) is 4.79 Å². The van der Waals surface area contributed by atoms with Gasteiger partial charge >= 0.3 is 5.97 Å². The maximum Gasteiger partial charge on any atom is 0.335 e. The summed E-state index contributed by atoms with van der Waals surface area (Å²) in [7, 11) is 0. The highest BCUT2D eigenvalue weighted by atomic mass is 16.6. The Labute approximate surface area is 124 Å². The third kappa shape index (κ3) is 4.29. The first-order valence-corrected chi connectivity index (χ1v) is 7.25. The number of hydrogen-bond donors (Lipinski definition) is 1. The smallest absolute Gasteiger partial charge is 0.335 e. The molecule has 1 aliphatic rings. The summed E-state index contributed by atoms with van der Waals surface area (Å²) >= 11 is 0. The molecule has 1 heterocycles. The number of hydrogen-bond acceptors (Lipinski definition) is 4. The second kappa shape index (κ2) is 7.22. The van der Waals surface area contributed by atoms with Gasteiger partial charge in [-0.25, -0.2) is 4.79 Å². The highest BCUT2D eigenvalue weighted by Crippen LogP contribution is 2.23. The number of carbonyl (C=O) groups is 2. The lowest BCUT2D eigenvalue weighted by atomic mass is 10.0. The minimum absolute atomic E-state index is 0.287. The van der Waals surface area contributed by atoms with Crippen LogP contribution >= 0.6 is 0 Å². The fourth-order valence-corrected chi connectivity index (χ4v) is 2.29. The molecule has 1 amide bonds. The van der Waals surface area contributed by atoms with Crippen molar-refractivity contribution >= 4 is 17.6 Å². The molecule has 1 aromatic carbocycles.